The van der Waals surface area contributed by atoms with E-state index in [4.69, 9.17) is 0 Å². The van der Waals surface area contributed by atoms with Gasteiger partial charge in [-0.15, -0.1) is 0 Å². The van der Waals surface area contributed by atoms with E-state index in [0.717, 1.165) is 18.5 Å². The van der Waals surface area contributed by atoms with Gasteiger partial charge in [0.2, 0.25) is 0 Å². The lowest BCUT2D eigenvalue weighted by atomic mass is 10.1. The van der Waals surface area contributed by atoms with Crippen LogP contribution in [0.2, 0.25) is 0 Å². The van der Waals surface area contributed by atoms with Gasteiger partial charge in [0.05, 0.1) is 11.9 Å². The number of halogens is 1. The fourth-order valence-corrected chi connectivity index (χ4v) is 2.85. The Bertz CT molecular complexity index is 481. The van der Waals surface area contributed by atoms with Crippen molar-refractivity contribution in [3.63, 3.8) is 0 Å². The number of nitrogens with zero attached hydrogens (tertiary/aromatic N) is 1. The Morgan fingerprint density at radius 2 is 2.21 bits per heavy atom. The molecule has 2 rings (SSSR count). The Balaban J connectivity index is 1.96. The summed E-state index contributed by atoms with van der Waals surface area (Å²) in [5.41, 5.74) is 2.26. The van der Waals surface area contributed by atoms with Crippen LogP contribution in [0.15, 0.2) is 35.2 Å². The third-order valence-corrected chi connectivity index (χ3v) is 3.86. The fourth-order valence-electron chi connectivity index (χ4n) is 2.17. The SMILES string of the molecule is CCC(NC(C)Cc1ccsc1)c1ccc(F)cn1. The molecule has 0 aromatic carbocycles. The van der Waals surface area contributed by atoms with E-state index >= 15 is 0 Å². The maximum Gasteiger partial charge on any atom is 0.141 e. The summed E-state index contributed by atoms with van der Waals surface area (Å²) in [5.74, 6) is -0.287. The third-order valence-electron chi connectivity index (χ3n) is 3.12. The number of hydrogen-bond acceptors (Lipinski definition) is 3. The topological polar surface area (TPSA) is 24.9 Å². The molecular weight excluding hydrogens is 259 g/mol. The maximum absolute atomic E-state index is 12.9. The van der Waals surface area contributed by atoms with Gasteiger partial charge < -0.3 is 5.32 Å². The Morgan fingerprint density at radius 3 is 2.79 bits per heavy atom. The van der Waals surface area contributed by atoms with Crippen LogP contribution in [0.3, 0.4) is 0 Å². The van der Waals surface area contributed by atoms with E-state index in [2.05, 4.69) is 41.0 Å². The second-order valence-electron chi connectivity index (χ2n) is 4.77. The lowest BCUT2D eigenvalue weighted by Gasteiger charge is -2.21. The van der Waals surface area contributed by atoms with Gasteiger partial charge in [-0.3, -0.25) is 4.98 Å². The number of hydrogen-bond donors (Lipinski definition) is 1. The first-order valence-corrected chi connectivity index (χ1v) is 7.52. The minimum absolute atomic E-state index is 0.175. The number of rotatable bonds is 6. The summed E-state index contributed by atoms with van der Waals surface area (Å²) in [6.45, 7) is 4.28. The minimum Gasteiger partial charge on any atom is -0.306 e. The third kappa shape index (κ3) is 4.11. The van der Waals surface area contributed by atoms with Gasteiger partial charge >= 0.3 is 0 Å². The molecule has 0 aliphatic carbocycles. The van der Waals surface area contributed by atoms with Crippen molar-refractivity contribution in [1.82, 2.24) is 10.3 Å². The highest BCUT2D eigenvalue weighted by Gasteiger charge is 2.14. The highest BCUT2D eigenvalue weighted by molar-refractivity contribution is 7.07. The van der Waals surface area contributed by atoms with E-state index in [-0.39, 0.29) is 11.9 Å². The molecule has 0 bridgehead atoms. The largest absolute Gasteiger partial charge is 0.306 e. The summed E-state index contributed by atoms with van der Waals surface area (Å²) in [5, 5.41) is 7.83. The second kappa shape index (κ2) is 6.78. The van der Waals surface area contributed by atoms with Crippen LogP contribution in [0.1, 0.15) is 37.6 Å². The van der Waals surface area contributed by atoms with Crippen molar-refractivity contribution in [1.29, 1.82) is 0 Å². The van der Waals surface area contributed by atoms with Crippen LogP contribution in [-0.4, -0.2) is 11.0 Å². The van der Waals surface area contributed by atoms with Crippen LogP contribution in [0.25, 0.3) is 0 Å². The van der Waals surface area contributed by atoms with Crippen molar-refractivity contribution < 1.29 is 4.39 Å². The molecule has 1 N–H and O–H groups in total. The first-order valence-electron chi connectivity index (χ1n) is 6.57. The van der Waals surface area contributed by atoms with Crippen molar-refractivity contribution in [2.45, 2.75) is 38.8 Å². The predicted molar refractivity (Wildman–Crippen MR) is 77.8 cm³/mol. The quantitative estimate of drug-likeness (QED) is 0.865. The molecule has 0 aliphatic heterocycles. The van der Waals surface area contributed by atoms with Gasteiger partial charge in [0.15, 0.2) is 0 Å². The van der Waals surface area contributed by atoms with Gasteiger partial charge in [0.1, 0.15) is 5.82 Å². The Labute approximate surface area is 117 Å². The summed E-state index contributed by atoms with van der Waals surface area (Å²) in [6.07, 6.45) is 3.22. The molecule has 2 aromatic heterocycles. The molecule has 2 unspecified atom stereocenters. The van der Waals surface area contributed by atoms with E-state index in [1.54, 1.807) is 17.4 Å². The Kier molecular flexibility index (Phi) is 5.05. The molecule has 2 nitrogen and oxygen atoms in total. The lowest BCUT2D eigenvalue weighted by molar-refractivity contribution is 0.435. The van der Waals surface area contributed by atoms with Crippen molar-refractivity contribution in [2.75, 3.05) is 0 Å². The predicted octanol–water partition coefficient (Wildman–Crippen LogP) is 3.95. The number of nitrogens with one attached hydrogen (secondary N) is 1. The molecule has 0 saturated carbocycles. The van der Waals surface area contributed by atoms with Crippen LogP contribution in [-0.2, 0) is 6.42 Å². The monoisotopic (exact) mass is 278 g/mol. The van der Waals surface area contributed by atoms with Gasteiger partial charge in [-0.1, -0.05) is 6.92 Å². The molecular formula is C15H19FN2S. The lowest BCUT2D eigenvalue weighted by Crippen LogP contribution is -2.32. The van der Waals surface area contributed by atoms with Crippen LogP contribution in [0.4, 0.5) is 4.39 Å². The van der Waals surface area contributed by atoms with Gasteiger partial charge in [0.25, 0.3) is 0 Å². The molecule has 0 saturated heterocycles. The van der Waals surface area contributed by atoms with Gasteiger partial charge in [-0.05, 0) is 54.3 Å². The average molecular weight is 278 g/mol. The van der Waals surface area contributed by atoms with Crippen LogP contribution in [0.5, 0.6) is 0 Å². The molecule has 2 heterocycles. The zero-order valence-electron chi connectivity index (χ0n) is 11.3. The van der Waals surface area contributed by atoms with E-state index in [1.165, 1.54) is 17.8 Å². The Hall–Kier alpha value is -1.26. The molecule has 2 aromatic rings. The zero-order chi connectivity index (χ0) is 13.7. The van der Waals surface area contributed by atoms with E-state index in [9.17, 15) is 4.39 Å². The second-order valence-corrected chi connectivity index (χ2v) is 5.55. The number of thiophene rings is 1. The van der Waals surface area contributed by atoms with Gasteiger partial charge in [-0.25, -0.2) is 4.39 Å². The molecule has 4 heteroatoms. The molecule has 0 fully saturated rings. The fraction of sp³-hybridized carbons (Fsp3) is 0.400. The normalized spacial score (nSPS) is 14.3. The van der Waals surface area contributed by atoms with Crippen molar-refractivity contribution in [3.8, 4) is 0 Å². The van der Waals surface area contributed by atoms with E-state index < -0.39 is 0 Å². The average Bonchev–Trinajstić information content (AvgIpc) is 2.90. The summed E-state index contributed by atoms with van der Waals surface area (Å²) >= 11 is 1.72. The van der Waals surface area contributed by atoms with Gasteiger partial charge in [-0.2, -0.15) is 11.3 Å². The summed E-state index contributed by atoms with van der Waals surface area (Å²) in [6, 6.07) is 5.92. The maximum atomic E-state index is 12.9. The first kappa shape index (κ1) is 14.2. The Morgan fingerprint density at radius 1 is 1.37 bits per heavy atom. The molecule has 19 heavy (non-hydrogen) atoms. The highest BCUT2D eigenvalue weighted by atomic mass is 32.1. The van der Waals surface area contributed by atoms with E-state index in [1.807, 2.05) is 0 Å². The van der Waals surface area contributed by atoms with Crippen LogP contribution < -0.4 is 5.32 Å². The zero-order valence-corrected chi connectivity index (χ0v) is 12.1. The van der Waals surface area contributed by atoms with E-state index in [0.29, 0.717) is 6.04 Å². The standard InChI is InChI=1S/C15H19FN2S/c1-3-14(15-5-4-13(16)9-17-15)18-11(2)8-12-6-7-19-10-12/h4-7,9-11,14,18H,3,8H2,1-2H3. The smallest absolute Gasteiger partial charge is 0.141 e. The first-order chi connectivity index (χ1) is 9.19. The molecule has 102 valence electrons. The molecule has 0 spiro atoms. The number of aromatic nitrogens is 1. The van der Waals surface area contributed by atoms with Gasteiger partial charge in [0, 0.05) is 12.1 Å². The van der Waals surface area contributed by atoms with Crippen molar-refractivity contribution in [3.05, 3.63) is 52.2 Å². The number of pyridine rings is 1. The molecule has 0 aliphatic rings. The van der Waals surface area contributed by atoms with Crippen molar-refractivity contribution >= 4 is 11.3 Å². The van der Waals surface area contributed by atoms with Crippen LogP contribution in [0, 0.1) is 5.82 Å². The summed E-state index contributed by atoms with van der Waals surface area (Å²) < 4.78 is 12.9. The molecule has 0 amide bonds. The van der Waals surface area contributed by atoms with Crippen LogP contribution >= 0.6 is 11.3 Å². The van der Waals surface area contributed by atoms with Crippen molar-refractivity contribution in [2.24, 2.45) is 0 Å². The molecule has 2 atom stereocenters. The minimum atomic E-state index is -0.287. The molecule has 0 radical (unpaired) electrons. The summed E-state index contributed by atoms with van der Waals surface area (Å²) in [4.78, 5) is 4.16. The summed E-state index contributed by atoms with van der Waals surface area (Å²) in [7, 11) is 0. The highest BCUT2D eigenvalue weighted by Crippen LogP contribution is 2.17.